The number of hydrogen-bond acceptors (Lipinski definition) is 7. The average molecular weight is 340 g/mol. The average Bonchev–Trinajstić information content (AvgIpc) is 3.05. The Labute approximate surface area is 145 Å². The number of fused-ring (bicyclic) bond motifs is 1. The van der Waals surface area contributed by atoms with Crippen molar-refractivity contribution in [2.24, 2.45) is 0 Å². The normalized spacial score (nSPS) is 15.1. The molecule has 25 heavy (non-hydrogen) atoms. The predicted octanol–water partition coefficient (Wildman–Crippen LogP) is 2.04. The maximum absolute atomic E-state index is 5.60. The van der Waals surface area contributed by atoms with Crippen molar-refractivity contribution in [1.29, 1.82) is 0 Å². The number of aromatic amines is 1. The van der Waals surface area contributed by atoms with Gasteiger partial charge in [-0.25, -0.2) is 9.97 Å². The van der Waals surface area contributed by atoms with Crippen molar-refractivity contribution in [3.05, 3.63) is 24.5 Å². The molecule has 0 bridgehead atoms. The molecular weight excluding hydrogens is 320 g/mol. The molecule has 1 aliphatic rings. The van der Waals surface area contributed by atoms with Crippen LogP contribution in [0, 0.1) is 0 Å². The molecule has 0 atom stereocenters. The summed E-state index contributed by atoms with van der Waals surface area (Å²) in [7, 11) is 0. The fraction of sp³-hybridized carbons (Fsp3) is 0.412. The molecule has 4 rings (SSSR count). The van der Waals surface area contributed by atoms with Gasteiger partial charge in [-0.2, -0.15) is 10.1 Å². The van der Waals surface area contributed by atoms with Crippen molar-refractivity contribution in [2.45, 2.75) is 20.0 Å². The van der Waals surface area contributed by atoms with Gasteiger partial charge in [-0.3, -0.25) is 5.10 Å². The smallest absolute Gasteiger partial charge is 0.317 e. The summed E-state index contributed by atoms with van der Waals surface area (Å²) in [5, 5.41) is 7.40. The Morgan fingerprint density at radius 1 is 1.24 bits per heavy atom. The van der Waals surface area contributed by atoms with Gasteiger partial charge in [-0.15, -0.1) is 0 Å². The fourth-order valence-electron chi connectivity index (χ4n) is 2.80. The molecule has 0 amide bonds. The summed E-state index contributed by atoms with van der Waals surface area (Å²) < 4.78 is 11.0. The first-order chi connectivity index (χ1) is 12.2. The fourth-order valence-corrected chi connectivity index (χ4v) is 2.80. The van der Waals surface area contributed by atoms with Gasteiger partial charge in [0.05, 0.1) is 25.5 Å². The number of rotatable bonds is 4. The maximum Gasteiger partial charge on any atom is 0.317 e. The molecule has 130 valence electrons. The number of aromatic nitrogens is 5. The zero-order valence-electron chi connectivity index (χ0n) is 14.3. The second kappa shape index (κ2) is 6.64. The minimum absolute atomic E-state index is 0.0154. The molecule has 0 saturated carbocycles. The molecule has 0 aliphatic carbocycles. The van der Waals surface area contributed by atoms with Crippen LogP contribution in [0.3, 0.4) is 0 Å². The third-order valence-electron chi connectivity index (χ3n) is 3.97. The van der Waals surface area contributed by atoms with Gasteiger partial charge in [-0.1, -0.05) is 0 Å². The predicted molar refractivity (Wildman–Crippen MR) is 93.7 cm³/mol. The molecule has 1 fully saturated rings. The summed E-state index contributed by atoms with van der Waals surface area (Å²) in [6, 6.07) is 4.32. The van der Waals surface area contributed by atoms with Gasteiger partial charge in [0.2, 0.25) is 0 Å². The zero-order chi connectivity index (χ0) is 17.2. The van der Waals surface area contributed by atoms with E-state index in [9.17, 15) is 0 Å². The number of nitrogens with zero attached hydrogens (tertiary/aromatic N) is 5. The Morgan fingerprint density at radius 3 is 2.88 bits per heavy atom. The highest BCUT2D eigenvalue weighted by atomic mass is 16.5. The Hall–Kier alpha value is -2.74. The van der Waals surface area contributed by atoms with Crippen LogP contribution < -0.4 is 9.64 Å². The van der Waals surface area contributed by atoms with E-state index in [0.29, 0.717) is 6.01 Å². The number of morpholine rings is 1. The highest BCUT2D eigenvalue weighted by molar-refractivity contribution is 5.89. The van der Waals surface area contributed by atoms with Crippen molar-refractivity contribution in [3.63, 3.8) is 0 Å². The third kappa shape index (κ3) is 3.25. The van der Waals surface area contributed by atoms with Crippen molar-refractivity contribution in [2.75, 3.05) is 31.2 Å². The van der Waals surface area contributed by atoms with Gasteiger partial charge in [0.15, 0.2) is 0 Å². The monoisotopic (exact) mass is 340 g/mol. The van der Waals surface area contributed by atoms with Crippen LogP contribution in [-0.2, 0) is 4.74 Å². The molecule has 1 saturated heterocycles. The number of ether oxygens (including phenoxy) is 2. The summed E-state index contributed by atoms with van der Waals surface area (Å²) in [5.74, 6) is 0.921. The molecule has 0 spiro atoms. The van der Waals surface area contributed by atoms with Gasteiger partial charge in [-0.05, 0) is 26.0 Å². The molecular formula is C17H20N6O2. The van der Waals surface area contributed by atoms with Gasteiger partial charge in [0.25, 0.3) is 0 Å². The Bertz CT molecular complexity index is 872. The van der Waals surface area contributed by atoms with Crippen LogP contribution in [0.25, 0.3) is 22.3 Å². The number of pyridine rings is 1. The first kappa shape index (κ1) is 15.8. The summed E-state index contributed by atoms with van der Waals surface area (Å²) >= 11 is 0. The second-order valence-electron chi connectivity index (χ2n) is 6.16. The second-order valence-corrected chi connectivity index (χ2v) is 6.16. The number of H-pyrrole nitrogens is 1. The standard InChI is InChI=1S/C17H20N6O2/c1-11(2)25-17-19-10-13-16(20-17)15(22-21-13)12-3-4-18-14(9-12)23-5-7-24-8-6-23/h3-4,9-11H,5-8H2,1-2H3,(H,21,22). The summed E-state index contributed by atoms with van der Waals surface area (Å²) in [6.07, 6.45) is 3.51. The van der Waals surface area contributed by atoms with E-state index in [1.807, 2.05) is 26.0 Å². The molecule has 1 aliphatic heterocycles. The zero-order valence-corrected chi connectivity index (χ0v) is 14.3. The topological polar surface area (TPSA) is 89.0 Å². The summed E-state index contributed by atoms with van der Waals surface area (Å²) in [5.41, 5.74) is 3.24. The lowest BCUT2D eigenvalue weighted by Gasteiger charge is -2.27. The van der Waals surface area contributed by atoms with Crippen molar-refractivity contribution >= 4 is 16.9 Å². The Morgan fingerprint density at radius 2 is 2.08 bits per heavy atom. The van der Waals surface area contributed by atoms with Gasteiger partial charge < -0.3 is 14.4 Å². The van der Waals surface area contributed by atoms with E-state index in [0.717, 1.165) is 54.4 Å². The Balaban J connectivity index is 1.71. The van der Waals surface area contributed by atoms with Gasteiger partial charge in [0, 0.05) is 24.8 Å². The van der Waals surface area contributed by atoms with E-state index >= 15 is 0 Å². The third-order valence-corrected chi connectivity index (χ3v) is 3.97. The van der Waals surface area contributed by atoms with E-state index in [2.05, 4.69) is 30.0 Å². The highest BCUT2D eigenvalue weighted by Crippen LogP contribution is 2.27. The number of anilines is 1. The first-order valence-electron chi connectivity index (χ1n) is 8.37. The quantitative estimate of drug-likeness (QED) is 0.777. The van der Waals surface area contributed by atoms with Crippen molar-refractivity contribution in [3.8, 4) is 17.3 Å². The highest BCUT2D eigenvalue weighted by Gasteiger charge is 2.16. The van der Waals surface area contributed by atoms with E-state index in [1.54, 1.807) is 12.4 Å². The Kier molecular flexibility index (Phi) is 4.19. The molecule has 3 aromatic rings. The van der Waals surface area contributed by atoms with Crippen LogP contribution in [0.1, 0.15) is 13.8 Å². The maximum atomic E-state index is 5.60. The number of hydrogen-bond donors (Lipinski definition) is 1. The molecule has 0 aromatic carbocycles. The lowest BCUT2D eigenvalue weighted by atomic mass is 10.1. The van der Waals surface area contributed by atoms with Crippen molar-refractivity contribution < 1.29 is 9.47 Å². The van der Waals surface area contributed by atoms with E-state index < -0.39 is 0 Å². The minimum atomic E-state index is 0.0154. The molecule has 0 unspecified atom stereocenters. The van der Waals surface area contributed by atoms with Crippen LogP contribution in [0.4, 0.5) is 5.82 Å². The van der Waals surface area contributed by atoms with Crippen LogP contribution in [0.2, 0.25) is 0 Å². The molecule has 8 heteroatoms. The molecule has 1 N–H and O–H groups in total. The summed E-state index contributed by atoms with van der Waals surface area (Å²) in [4.78, 5) is 15.4. The van der Waals surface area contributed by atoms with Crippen molar-refractivity contribution in [1.82, 2.24) is 25.1 Å². The minimum Gasteiger partial charge on any atom is -0.461 e. The van der Waals surface area contributed by atoms with Gasteiger partial charge >= 0.3 is 6.01 Å². The van der Waals surface area contributed by atoms with E-state index in [4.69, 9.17) is 9.47 Å². The van der Waals surface area contributed by atoms with Crippen LogP contribution in [0.5, 0.6) is 6.01 Å². The van der Waals surface area contributed by atoms with Crippen LogP contribution in [0.15, 0.2) is 24.5 Å². The molecule has 8 nitrogen and oxygen atoms in total. The first-order valence-corrected chi connectivity index (χ1v) is 8.37. The molecule has 0 radical (unpaired) electrons. The largest absolute Gasteiger partial charge is 0.461 e. The van der Waals surface area contributed by atoms with Gasteiger partial charge in [0.1, 0.15) is 22.5 Å². The van der Waals surface area contributed by atoms with Crippen LogP contribution >= 0.6 is 0 Å². The lowest BCUT2D eigenvalue weighted by Crippen LogP contribution is -2.36. The molecule has 3 aromatic heterocycles. The SMILES string of the molecule is CC(C)Oc1ncc2[nH]nc(-c3ccnc(N4CCOCC4)c3)c2n1. The van der Waals surface area contributed by atoms with E-state index in [-0.39, 0.29) is 6.10 Å². The lowest BCUT2D eigenvalue weighted by molar-refractivity contribution is 0.122. The number of nitrogens with one attached hydrogen (secondary N) is 1. The van der Waals surface area contributed by atoms with E-state index in [1.165, 1.54) is 0 Å². The summed E-state index contributed by atoms with van der Waals surface area (Å²) in [6.45, 7) is 7.02. The van der Waals surface area contributed by atoms with Crippen LogP contribution in [-0.4, -0.2) is 57.6 Å². The molecule has 4 heterocycles.